The van der Waals surface area contributed by atoms with Crippen molar-refractivity contribution in [1.82, 2.24) is 4.90 Å². The molecule has 1 aromatic carbocycles. The average molecular weight is 488 g/mol. The number of benzene rings is 1. The Kier molecular flexibility index (Phi) is 5.60. The minimum absolute atomic E-state index is 0.0358. The second-order valence-electron chi connectivity index (χ2n) is 6.01. The molecule has 1 aromatic heterocycles. The Morgan fingerprint density at radius 2 is 2.27 bits per heavy atom. The van der Waals surface area contributed by atoms with Gasteiger partial charge < -0.3 is 13.9 Å². The lowest BCUT2D eigenvalue weighted by atomic mass is 10.1. The van der Waals surface area contributed by atoms with Crippen molar-refractivity contribution in [3.05, 3.63) is 63.5 Å². The lowest BCUT2D eigenvalue weighted by Gasteiger charge is -2.22. The predicted molar refractivity (Wildman–Crippen MR) is 116 cm³/mol. The highest BCUT2D eigenvalue weighted by atomic mass is 79.9. The van der Waals surface area contributed by atoms with Crippen LogP contribution in [0.2, 0.25) is 0 Å². The number of hydrogen-bond acceptors (Lipinski definition) is 7. The Balaban J connectivity index is 1.69. The summed E-state index contributed by atoms with van der Waals surface area (Å²) in [7, 11) is 0. The molecule has 0 bridgehead atoms. The number of carbonyl (C=O) groups excluding carboxylic acids is 2. The minimum Gasteiger partial charge on any atom is -0.490 e. The predicted octanol–water partition coefficient (Wildman–Crippen LogP) is 4.44. The van der Waals surface area contributed by atoms with E-state index in [2.05, 4.69) is 20.9 Å². The van der Waals surface area contributed by atoms with E-state index < -0.39 is 11.9 Å². The van der Waals surface area contributed by atoms with E-state index in [4.69, 9.17) is 19.3 Å². The second-order valence-corrected chi connectivity index (χ2v) is 7.74. The standard InChI is InChI=1S/C20H14BrN3O5S/c1-2-27-15-10-11(8-12-17(22)24-5-7-30-20(24)23-18(12)25)9-13(21)16(15)29-19(26)14-4-3-6-28-14/h3-10,22H,2H2,1H3/b12-8-,22-17?. The average Bonchev–Trinajstić information content (AvgIpc) is 3.40. The molecule has 3 heterocycles. The number of esters is 1. The highest BCUT2D eigenvalue weighted by Crippen LogP contribution is 2.38. The topological polar surface area (TPSA) is 105 Å². The lowest BCUT2D eigenvalue weighted by molar-refractivity contribution is -0.114. The molecule has 2 aromatic rings. The monoisotopic (exact) mass is 487 g/mol. The van der Waals surface area contributed by atoms with E-state index in [-0.39, 0.29) is 22.9 Å². The molecule has 0 saturated carbocycles. The summed E-state index contributed by atoms with van der Waals surface area (Å²) < 4.78 is 16.6. The third-order valence-electron chi connectivity index (χ3n) is 4.07. The van der Waals surface area contributed by atoms with Crippen LogP contribution < -0.4 is 9.47 Å². The normalized spacial score (nSPS) is 16.7. The van der Waals surface area contributed by atoms with Crippen molar-refractivity contribution >= 4 is 56.6 Å². The maximum absolute atomic E-state index is 12.4. The maximum Gasteiger partial charge on any atom is 0.379 e. The van der Waals surface area contributed by atoms with Crippen LogP contribution in [0.5, 0.6) is 11.5 Å². The van der Waals surface area contributed by atoms with Gasteiger partial charge in [0.25, 0.3) is 5.91 Å². The van der Waals surface area contributed by atoms with E-state index in [0.717, 1.165) is 0 Å². The molecule has 30 heavy (non-hydrogen) atoms. The molecule has 4 rings (SSSR count). The first kappa shape index (κ1) is 20.2. The molecule has 1 amide bonds. The van der Waals surface area contributed by atoms with E-state index in [0.29, 0.717) is 27.6 Å². The van der Waals surface area contributed by atoms with Gasteiger partial charge >= 0.3 is 5.97 Å². The van der Waals surface area contributed by atoms with Crippen molar-refractivity contribution < 1.29 is 23.5 Å². The fraction of sp³-hybridized carbons (Fsp3) is 0.100. The lowest BCUT2D eigenvalue weighted by Crippen LogP contribution is -2.35. The molecule has 0 saturated heterocycles. The van der Waals surface area contributed by atoms with Crippen molar-refractivity contribution in [3.8, 4) is 11.5 Å². The Morgan fingerprint density at radius 1 is 1.43 bits per heavy atom. The van der Waals surface area contributed by atoms with Gasteiger partial charge in [0.05, 0.1) is 22.9 Å². The highest BCUT2D eigenvalue weighted by Gasteiger charge is 2.31. The summed E-state index contributed by atoms with van der Waals surface area (Å²) >= 11 is 4.67. The van der Waals surface area contributed by atoms with Gasteiger partial charge in [-0.05, 0) is 64.2 Å². The van der Waals surface area contributed by atoms with Gasteiger partial charge in [-0.25, -0.2) is 4.79 Å². The van der Waals surface area contributed by atoms with Gasteiger partial charge in [0.15, 0.2) is 16.7 Å². The van der Waals surface area contributed by atoms with Crippen molar-refractivity contribution in [2.75, 3.05) is 6.61 Å². The molecule has 152 valence electrons. The number of nitrogens with zero attached hydrogens (tertiary/aromatic N) is 2. The molecular formula is C20H14BrN3O5S. The Hall–Kier alpha value is -3.11. The summed E-state index contributed by atoms with van der Waals surface area (Å²) in [4.78, 5) is 30.2. The first-order valence-corrected chi connectivity index (χ1v) is 10.4. The maximum atomic E-state index is 12.4. The Bertz CT molecular complexity index is 1140. The smallest absolute Gasteiger partial charge is 0.379 e. The fourth-order valence-electron chi connectivity index (χ4n) is 2.77. The van der Waals surface area contributed by atoms with Gasteiger partial charge in [-0.15, -0.1) is 0 Å². The number of aliphatic imine (C=N–C) groups is 1. The number of thioether (sulfide) groups is 1. The van der Waals surface area contributed by atoms with Crippen LogP contribution in [0, 0.1) is 5.41 Å². The molecule has 10 heteroatoms. The largest absolute Gasteiger partial charge is 0.490 e. The number of halogens is 1. The quantitative estimate of drug-likeness (QED) is 0.377. The molecule has 0 fully saturated rings. The molecule has 2 aliphatic heterocycles. The Labute approximate surface area is 183 Å². The number of nitrogens with one attached hydrogen (secondary N) is 1. The van der Waals surface area contributed by atoms with E-state index in [9.17, 15) is 9.59 Å². The third-order valence-corrected chi connectivity index (χ3v) is 5.42. The van der Waals surface area contributed by atoms with Crippen molar-refractivity contribution in [2.24, 2.45) is 4.99 Å². The molecule has 0 atom stereocenters. The van der Waals surface area contributed by atoms with Crippen molar-refractivity contribution in [3.63, 3.8) is 0 Å². The van der Waals surface area contributed by atoms with Crippen LogP contribution >= 0.6 is 27.7 Å². The number of carbonyl (C=O) groups is 2. The molecule has 0 spiro atoms. The fourth-order valence-corrected chi connectivity index (χ4v) is 4.02. The van der Waals surface area contributed by atoms with Gasteiger partial charge in [0.1, 0.15) is 5.84 Å². The van der Waals surface area contributed by atoms with Crippen LogP contribution in [0.15, 0.2) is 61.6 Å². The van der Waals surface area contributed by atoms with Crippen molar-refractivity contribution in [1.29, 1.82) is 5.41 Å². The zero-order chi connectivity index (χ0) is 21.3. The summed E-state index contributed by atoms with van der Waals surface area (Å²) in [5, 5.41) is 10.5. The van der Waals surface area contributed by atoms with Gasteiger partial charge in [-0.3, -0.25) is 15.1 Å². The summed E-state index contributed by atoms with van der Waals surface area (Å²) in [5.74, 6) is -0.587. The van der Waals surface area contributed by atoms with E-state index in [1.54, 1.807) is 42.8 Å². The number of furan rings is 1. The van der Waals surface area contributed by atoms with Crippen LogP contribution in [0.3, 0.4) is 0 Å². The molecular weight excluding hydrogens is 474 g/mol. The first-order chi connectivity index (χ1) is 14.5. The number of amidine groups is 2. The van der Waals surface area contributed by atoms with Gasteiger partial charge in [0, 0.05) is 6.20 Å². The van der Waals surface area contributed by atoms with Crippen LogP contribution in [0.4, 0.5) is 0 Å². The molecule has 1 N–H and O–H groups in total. The summed E-state index contributed by atoms with van der Waals surface area (Å²) in [5.41, 5.74) is 0.714. The number of rotatable bonds is 5. The molecule has 0 unspecified atom stereocenters. The minimum atomic E-state index is -0.669. The van der Waals surface area contributed by atoms with Gasteiger partial charge in [-0.2, -0.15) is 4.99 Å². The zero-order valence-electron chi connectivity index (χ0n) is 15.5. The molecule has 0 aliphatic carbocycles. The summed E-state index contributed by atoms with van der Waals surface area (Å²) in [6.07, 6.45) is 4.61. The second kappa shape index (κ2) is 8.33. The van der Waals surface area contributed by atoms with Crippen molar-refractivity contribution in [2.45, 2.75) is 6.92 Å². The third kappa shape index (κ3) is 3.83. The molecule has 8 nitrogen and oxygen atoms in total. The van der Waals surface area contributed by atoms with E-state index >= 15 is 0 Å². The van der Waals surface area contributed by atoms with Gasteiger partial charge in [0.2, 0.25) is 5.76 Å². The van der Waals surface area contributed by atoms with Crippen LogP contribution in [-0.4, -0.2) is 34.4 Å². The van der Waals surface area contributed by atoms with Gasteiger partial charge in [-0.1, -0.05) is 11.8 Å². The molecule has 0 radical (unpaired) electrons. The zero-order valence-corrected chi connectivity index (χ0v) is 18.0. The first-order valence-electron chi connectivity index (χ1n) is 8.76. The number of hydrogen-bond donors (Lipinski definition) is 1. The van der Waals surface area contributed by atoms with Crippen LogP contribution in [0.1, 0.15) is 23.0 Å². The number of amides is 1. The Morgan fingerprint density at radius 3 is 3.00 bits per heavy atom. The summed E-state index contributed by atoms with van der Waals surface area (Å²) in [6, 6.07) is 6.37. The number of fused-ring (bicyclic) bond motifs is 1. The van der Waals surface area contributed by atoms with Crippen LogP contribution in [-0.2, 0) is 4.79 Å². The summed E-state index contributed by atoms with van der Waals surface area (Å²) in [6.45, 7) is 2.13. The highest BCUT2D eigenvalue weighted by molar-refractivity contribution is 9.10. The molecule has 2 aliphatic rings. The van der Waals surface area contributed by atoms with E-state index in [1.807, 2.05) is 0 Å². The van der Waals surface area contributed by atoms with Crippen LogP contribution in [0.25, 0.3) is 6.08 Å². The number of ether oxygens (including phenoxy) is 2. The SMILES string of the molecule is CCOc1cc(/C=C2/C(=N)N3C=CSC3=NC2=O)cc(Br)c1OC(=O)c1ccco1. The van der Waals surface area contributed by atoms with E-state index in [1.165, 1.54) is 29.0 Å².